The normalized spacial score (nSPS) is 12.6. The zero-order chi connectivity index (χ0) is 19.4. The van der Waals surface area contributed by atoms with Crippen LogP contribution in [0.5, 0.6) is 5.75 Å². The summed E-state index contributed by atoms with van der Waals surface area (Å²) in [5, 5.41) is 4.93. The molecule has 140 valence electrons. The van der Waals surface area contributed by atoms with Crippen LogP contribution in [0.4, 0.5) is 0 Å². The molecule has 1 heterocycles. The Morgan fingerprint density at radius 1 is 1.22 bits per heavy atom. The van der Waals surface area contributed by atoms with E-state index >= 15 is 0 Å². The topological polar surface area (TPSA) is 56.5 Å². The summed E-state index contributed by atoms with van der Waals surface area (Å²) in [5.41, 5.74) is 1.39. The van der Waals surface area contributed by atoms with Gasteiger partial charge in [-0.25, -0.2) is 4.98 Å². The van der Waals surface area contributed by atoms with Gasteiger partial charge in [0.05, 0.1) is 23.2 Å². The van der Waals surface area contributed by atoms with E-state index in [0.29, 0.717) is 23.1 Å². The molecule has 2 aromatic carbocycles. The van der Waals surface area contributed by atoms with Gasteiger partial charge in [0, 0.05) is 10.9 Å². The molecule has 3 rings (SSSR count). The molecular weight excluding hydrogens is 406 g/mol. The van der Waals surface area contributed by atoms with Gasteiger partial charge in [-0.2, -0.15) is 9.78 Å². The minimum Gasteiger partial charge on any atom is -0.491 e. The number of halogens is 1. The number of benzene rings is 2. The van der Waals surface area contributed by atoms with Crippen LogP contribution < -0.4 is 10.3 Å². The highest BCUT2D eigenvalue weighted by atomic mass is 79.9. The van der Waals surface area contributed by atoms with Crippen LogP contribution in [0.25, 0.3) is 10.9 Å². The van der Waals surface area contributed by atoms with Gasteiger partial charge >= 0.3 is 0 Å². The maximum atomic E-state index is 12.9. The lowest BCUT2D eigenvalue weighted by atomic mass is 10.2. The Bertz CT molecular complexity index is 1030. The smallest absolute Gasteiger partial charge is 0.282 e. The molecule has 27 heavy (non-hydrogen) atoms. The first-order valence-corrected chi connectivity index (χ1v) is 9.83. The van der Waals surface area contributed by atoms with Gasteiger partial charge in [-0.05, 0) is 61.4 Å². The molecular formula is C21H22BrN3O2. The lowest BCUT2D eigenvalue weighted by Gasteiger charge is -2.12. The van der Waals surface area contributed by atoms with Crippen molar-refractivity contribution in [3.05, 3.63) is 68.7 Å². The predicted molar refractivity (Wildman–Crippen MR) is 113 cm³/mol. The van der Waals surface area contributed by atoms with Crippen LogP contribution in [0.1, 0.15) is 38.6 Å². The van der Waals surface area contributed by atoms with Gasteiger partial charge in [-0.1, -0.05) is 29.8 Å². The maximum absolute atomic E-state index is 12.9. The number of aromatic nitrogens is 2. The summed E-state index contributed by atoms with van der Waals surface area (Å²) < 4.78 is 7.99. The van der Waals surface area contributed by atoms with Crippen LogP contribution in [0.15, 0.2) is 56.8 Å². The van der Waals surface area contributed by atoms with Crippen LogP contribution in [-0.4, -0.2) is 22.0 Å². The average Bonchev–Trinajstić information content (AvgIpc) is 2.68. The average molecular weight is 428 g/mol. The summed E-state index contributed by atoms with van der Waals surface area (Å²) in [4.78, 5) is 17.4. The highest BCUT2D eigenvalue weighted by molar-refractivity contribution is 9.10. The van der Waals surface area contributed by atoms with Crippen molar-refractivity contribution in [2.24, 2.45) is 5.10 Å². The maximum Gasteiger partial charge on any atom is 0.282 e. The summed E-state index contributed by atoms with van der Waals surface area (Å²) in [6, 6.07) is 13.2. The quantitative estimate of drug-likeness (QED) is 0.531. The highest BCUT2D eigenvalue weighted by Crippen LogP contribution is 2.17. The molecule has 0 aliphatic rings. The third kappa shape index (κ3) is 4.45. The fraction of sp³-hybridized carbons (Fsp3) is 0.286. The first kappa shape index (κ1) is 19.3. The Kier molecular flexibility index (Phi) is 6.06. The molecule has 5 nitrogen and oxygen atoms in total. The van der Waals surface area contributed by atoms with Crippen LogP contribution in [-0.2, 0) is 6.42 Å². The Morgan fingerprint density at radius 2 is 1.96 bits per heavy atom. The third-order valence-electron chi connectivity index (χ3n) is 4.31. The SMILES string of the molecule is CCc1nc2ccc(Br)cc2c(=O)n1N=Cc1ccc(O[C@@H](C)CC)cc1. The van der Waals surface area contributed by atoms with E-state index in [1.807, 2.05) is 50.2 Å². The van der Waals surface area contributed by atoms with Gasteiger partial charge in [0.1, 0.15) is 11.6 Å². The number of hydrogen-bond donors (Lipinski definition) is 0. The molecule has 1 aromatic heterocycles. The molecule has 0 aliphatic heterocycles. The Labute approximate surface area is 166 Å². The van der Waals surface area contributed by atoms with E-state index in [2.05, 4.69) is 32.9 Å². The van der Waals surface area contributed by atoms with E-state index in [4.69, 9.17) is 4.74 Å². The number of fused-ring (bicyclic) bond motifs is 1. The van der Waals surface area contributed by atoms with Crippen molar-refractivity contribution < 1.29 is 4.74 Å². The number of nitrogens with zero attached hydrogens (tertiary/aromatic N) is 3. The van der Waals surface area contributed by atoms with Gasteiger partial charge in [0.15, 0.2) is 0 Å². The lowest BCUT2D eigenvalue weighted by molar-refractivity contribution is 0.217. The Balaban J connectivity index is 1.93. The summed E-state index contributed by atoms with van der Waals surface area (Å²) >= 11 is 3.41. The Hall–Kier alpha value is -2.47. The second kappa shape index (κ2) is 8.48. The second-order valence-corrected chi connectivity index (χ2v) is 7.23. The van der Waals surface area contributed by atoms with Crippen molar-refractivity contribution in [1.82, 2.24) is 9.66 Å². The molecule has 3 aromatic rings. The number of hydrogen-bond acceptors (Lipinski definition) is 4. The summed E-state index contributed by atoms with van der Waals surface area (Å²) in [6.45, 7) is 6.09. The van der Waals surface area contributed by atoms with E-state index in [1.54, 1.807) is 12.3 Å². The molecule has 6 heteroatoms. The number of ether oxygens (including phenoxy) is 1. The van der Waals surface area contributed by atoms with E-state index in [0.717, 1.165) is 22.2 Å². The van der Waals surface area contributed by atoms with Crippen molar-refractivity contribution in [3.8, 4) is 5.75 Å². The first-order chi connectivity index (χ1) is 13.0. The molecule has 1 atom stereocenters. The number of aryl methyl sites for hydroxylation is 1. The van der Waals surface area contributed by atoms with Gasteiger partial charge in [-0.3, -0.25) is 4.79 Å². The highest BCUT2D eigenvalue weighted by Gasteiger charge is 2.09. The summed E-state index contributed by atoms with van der Waals surface area (Å²) in [5.74, 6) is 1.45. The zero-order valence-corrected chi connectivity index (χ0v) is 17.2. The van der Waals surface area contributed by atoms with Crippen LogP contribution >= 0.6 is 15.9 Å². The summed E-state index contributed by atoms with van der Waals surface area (Å²) in [6.07, 6.45) is 3.41. The fourth-order valence-electron chi connectivity index (χ4n) is 2.62. The summed E-state index contributed by atoms with van der Waals surface area (Å²) in [7, 11) is 0. The molecule has 0 amide bonds. The largest absolute Gasteiger partial charge is 0.491 e. The van der Waals surface area contributed by atoms with Crippen LogP contribution in [0.2, 0.25) is 0 Å². The third-order valence-corrected chi connectivity index (χ3v) is 4.80. The van der Waals surface area contributed by atoms with E-state index in [9.17, 15) is 4.79 Å². The zero-order valence-electron chi connectivity index (χ0n) is 15.6. The minimum absolute atomic E-state index is 0.175. The lowest BCUT2D eigenvalue weighted by Crippen LogP contribution is -2.22. The van der Waals surface area contributed by atoms with Gasteiger partial charge in [0.25, 0.3) is 5.56 Å². The van der Waals surface area contributed by atoms with Gasteiger partial charge in [-0.15, -0.1) is 0 Å². The minimum atomic E-state index is -0.175. The van der Waals surface area contributed by atoms with E-state index < -0.39 is 0 Å². The molecule has 0 aliphatic carbocycles. The van der Waals surface area contributed by atoms with E-state index in [-0.39, 0.29) is 11.7 Å². The molecule has 0 radical (unpaired) electrons. The molecule has 0 unspecified atom stereocenters. The molecule has 0 bridgehead atoms. The molecule has 0 spiro atoms. The van der Waals surface area contributed by atoms with Crippen molar-refractivity contribution >= 4 is 33.0 Å². The molecule has 0 fully saturated rings. The molecule has 0 saturated carbocycles. The standard InChI is InChI=1S/C21H22BrN3O2/c1-4-14(3)27-17-9-6-15(7-10-17)13-23-25-20(5-2)24-19-11-8-16(22)12-18(19)21(25)26/h6-14H,4-5H2,1-3H3/t14-/m0/s1. The predicted octanol–water partition coefficient (Wildman–Crippen LogP) is 4.78. The monoisotopic (exact) mass is 427 g/mol. The first-order valence-electron chi connectivity index (χ1n) is 9.04. The van der Waals surface area contributed by atoms with Crippen LogP contribution in [0, 0.1) is 0 Å². The van der Waals surface area contributed by atoms with Crippen molar-refractivity contribution in [1.29, 1.82) is 0 Å². The van der Waals surface area contributed by atoms with Gasteiger partial charge in [0.2, 0.25) is 0 Å². The van der Waals surface area contributed by atoms with Crippen molar-refractivity contribution in [3.63, 3.8) is 0 Å². The second-order valence-electron chi connectivity index (χ2n) is 6.31. The molecule has 0 saturated heterocycles. The number of rotatable bonds is 6. The molecule has 0 N–H and O–H groups in total. The van der Waals surface area contributed by atoms with Gasteiger partial charge < -0.3 is 4.74 Å². The Morgan fingerprint density at radius 3 is 2.63 bits per heavy atom. The van der Waals surface area contributed by atoms with Crippen molar-refractivity contribution in [2.75, 3.05) is 0 Å². The van der Waals surface area contributed by atoms with E-state index in [1.165, 1.54) is 4.68 Å². The van der Waals surface area contributed by atoms with Crippen LogP contribution in [0.3, 0.4) is 0 Å². The van der Waals surface area contributed by atoms with Crippen molar-refractivity contribution in [2.45, 2.75) is 39.7 Å². The fourth-order valence-corrected chi connectivity index (χ4v) is 2.98.